The van der Waals surface area contributed by atoms with Crippen molar-refractivity contribution in [2.45, 2.75) is 13.0 Å². The molecule has 0 bridgehead atoms. The Bertz CT molecular complexity index is 649. The lowest BCUT2D eigenvalue weighted by atomic mass is 10.2. The van der Waals surface area contributed by atoms with Crippen LogP contribution in [-0.2, 0) is 0 Å². The van der Waals surface area contributed by atoms with Crippen molar-refractivity contribution in [1.29, 1.82) is 0 Å². The van der Waals surface area contributed by atoms with Crippen LogP contribution in [0.4, 0.5) is 11.4 Å². The van der Waals surface area contributed by atoms with Crippen molar-refractivity contribution in [3.05, 3.63) is 59.0 Å². The Labute approximate surface area is 141 Å². The van der Waals surface area contributed by atoms with Gasteiger partial charge in [-0.15, -0.1) is 4.91 Å². The molecule has 0 aromatic heterocycles. The van der Waals surface area contributed by atoms with Gasteiger partial charge < -0.3 is 20.5 Å². The van der Waals surface area contributed by atoms with Crippen molar-refractivity contribution in [2.75, 3.05) is 31.6 Å². The molecule has 0 aliphatic rings. The number of hydrogen-bond donors (Lipinski definition) is 3. The summed E-state index contributed by atoms with van der Waals surface area (Å²) in [5, 5.41) is 19.1. The molecular formula is C18H23N3O3. The fourth-order valence-corrected chi connectivity index (χ4v) is 2.19. The first-order valence-corrected chi connectivity index (χ1v) is 7.93. The van der Waals surface area contributed by atoms with Gasteiger partial charge in [0.1, 0.15) is 24.1 Å². The first kappa shape index (κ1) is 17.9. The van der Waals surface area contributed by atoms with E-state index in [4.69, 9.17) is 4.74 Å². The highest BCUT2D eigenvalue weighted by Gasteiger charge is 2.05. The van der Waals surface area contributed by atoms with Crippen LogP contribution < -0.4 is 15.4 Å². The third kappa shape index (κ3) is 6.36. The molecule has 0 saturated heterocycles. The van der Waals surface area contributed by atoms with Gasteiger partial charge in [0.25, 0.3) is 0 Å². The Balaban J connectivity index is 1.59. The highest BCUT2D eigenvalue weighted by molar-refractivity contribution is 5.53. The highest BCUT2D eigenvalue weighted by atomic mass is 16.5. The molecule has 6 heteroatoms. The Morgan fingerprint density at radius 1 is 1.17 bits per heavy atom. The number of benzene rings is 2. The summed E-state index contributed by atoms with van der Waals surface area (Å²) in [5.74, 6) is 0.763. The zero-order chi connectivity index (χ0) is 17.2. The molecule has 0 spiro atoms. The maximum Gasteiger partial charge on any atom is 0.119 e. The molecule has 0 heterocycles. The van der Waals surface area contributed by atoms with Gasteiger partial charge in [-0.2, -0.15) is 0 Å². The summed E-state index contributed by atoms with van der Waals surface area (Å²) >= 11 is 0. The van der Waals surface area contributed by atoms with Crippen LogP contribution in [0.3, 0.4) is 0 Å². The summed E-state index contributed by atoms with van der Waals surface area (Å²) in [5.41, 5.74) is 2.37. The normalized spacial score (nSPS) is 11.8. The molecule has 2 aromatic carbocycles. The van der Waals surface area contributed by atoms with E-state index in [9.17, 15) is 10.0 Å². The molecule has 0 fully saturated rings. The predicted octanol–water partition coefficient (Wildman–Crippen LogP) is 2.83. The summed E-state index contributed by atoms with van der Waals surface area (Å²) in [6.45, 7) is 4.05. The molecule has 0 saturated carbocycles. The third-order valence-electron chi connectivity index (χ3n) is 3.39. The molecule has 2 aromatic rings. The number of nitrogens with zero attached hydrogens (tertiary/aromatic N) is 1. The van der Waals surface area contributed by atoms with Crippen LogP contribution in [0, 0.1) is 11.8 Å². The number of anilines is 1. The summed E-state index contributed by atoms with van der Waals surface area (Å²) in [6, 6.07) is 14.7. The molecule has 1 unspecified atom stereocenters. The van der Waals surface area contributed by atoms with E-state index in [1.165, 1.54) is 0 Å². The number of rotatable bonds is 10. The van der Waals surface area contributed by atoms with Crippen molar-refractivity contribution in [2.24, 2.45) is 5.18 Å². The third-order valence-corrected chi connectivity index (χ3v) is 3.39. The van der Waals surface area contributed by atoms with E-state index in [2.05, 4.69) is 15.8 Å². The molecular weight excluding hydrogens is 306 g/mol. The fourth-order valence-electron chi connectivity index (χ4n) is 2.19. The van der Waals surface area contributed by atoms with Crippen LogP contribution in [0.2, 0.25) is 0 Å². The second-order valence-electron chi connectivity index (χ2n) is 5.55. The zero-order valence-corrected chi connectivity index (χ0v) is 13.7. The van der Waals surface area contributed by atoms with E-state index in [1.54, 1.807) is 18.2 Å². The van der Waals surface area contributed by atoms with E-state index < -0.39 is 6.10 Å². The van der Waals surface area contributed by atoms with E-state index in [0.717, 1.165) is 17.0 Å². The molecule has 24 heavy (non-hydrogen) atoms. The van der Waals surface area contributed by atoms with Crippen LogP contribution in [-0.4, -0.2) is 37.5 Å². The summed E-state index contributed by atoms with van der Waals surface area (Å²) < 4.78 is 5.55. The molecule has 2 rings (SSSR count). The van der Waals surface area contributed by atoms with Crippen molar-refractivity contribution < 1.29 is 9.84 Å². The highest BCUT2D eigenvalue weighted by Crippen LogP contribution is 2.16. The zero-order valence-electron chi connectivity index (χ0n) is 13.7. The van der Waals surface area contributed by atoms with Crippen LogP contribution in [0.15, 0.2) is 53.7 Å². The van der Waals surface area contributed by atoms with Crippen molar-refractivity contribution in [3.63, 3.8) is 0 Å². The minimum absolute atomic E-state index is 0.247. The predicted molar refractivity (Wildman–Crippen MR) is 95.9 cm³/mol. The van der Waals surface area contributed by atoms with Gasteiger partial charge in [0, 0.05) is 25.3 Å². The summed E-state index contributed by atoms with van der Waals surface area (Å²) in [4.78, 5) is 10.5. The second-order valence-corrected chi connectivity index (χ2v) is 5.55. The number of nitrogens with one attached hydrogen (secondary N) is 2. The molecule has 128 valence electrons. The van der Waals surface area contributed by atoms with Crippen LogP contribution in [0.1, 0.15) is 5.56 Å². The van der Waals surface area contributed by atoms with Crippen LogP contribution in [0.25, 0.3) is 0 Å². The van der Waals surface area contributed by atoms with E-state index in [0.29, 0.717) is 25.3 Å². The summed E-state index contributed by atoms with van der Waals surface area (Å²) in [7, 11) is 0. The topological polar surface area (TPSA) is 82.9 Å². The lowest BCUT2D eigenvalue weighted by Crippen LogP contribution is -2.34. The number of aryl methyl sites for hydroxylation is 1. The molecule has 0 amide bonds. The van der Waals surface area contributed by atoms with Gasteiger partial charge >= 0.3 is 0 Å². The lowest BCUT2D eigenvalue weighted by Gasteiger charge is -2.14. The molecule has 0 aliphatic carbocycles. The molecule has 0 radical (unpaired) electrons. The van der Waals surface area contributed by atoms with Crippen LogP contribution >= 0.6 is 0 Å². The van der Waals surface area contributed by atoms with E-state index in [-0.39, 0.29) is 6.61 Å². The monoisotopic (exact) mass is 329 g/mol. The fraction of sp³-hybridized carbons (Fsp3) is 0.333. The quantitative estimate of drug-likeness (QED) is 0.461. The first-order chi connectivity index (χ1) is 11.7. The molecule has 6 nitrogen and oxygen atoms in total. The summed E-state index contributed by atoms with van der Waals surface area (Å²) in [6.07, 6.45) is -0.576. The van der Waals surface area contributed by atoms with Gasteiger partial charge in [0.05, 0.1) is 0 Å². The van der Waals surface area contributed by atoms with Gasteiger partial charge in [-0.3, -0.25) is 0 Å². The number of aliphatic hydroxyl groups is 1. The molecule has 3 N–H and O–H groups in total. The number of hydrogen-bond acceptors (Lipinski definition) is 6. The standard InChI is InChI=1S/C18H23N3O3/c1-14-4-2-7-18(10-14)24-13-17(22)12-19-8-9-20-15-5-3-6-16(11-15)21-23/h2-7,10-11,17,19-20,22H,8-9,12-13H2,1H3. The first-order valence-electron chi connectivity index (χ1n) is 7.93. The smallest absolute Gasteiger partial charge is 0.119 e. The van der Waals surface area contributed by atoms with Gasteiger partial charge in [-0.1, -0.05) is 18.2 Å². The van der Waals surface area contributed by atoms with Gasteiger partial charge in [-0.05, 0) is 48.0 Å². The molecule has 1 atom stereocenters. The Morgan fingerprint density at radius 3 is 2.79 bits per heavy atom. The Morgan fingerprint density at radius 2 is 2.00 bits per heavy atom. The average molecular weight is 329 g/mol. The minimum atomic E-state index is -0.576. The van der Waals surface area contributed by atoms with E-state index >= 15 is 0 Å². The van der Waals surface area contributed by atoms with Crippen molar-refractivity contribution >= 4 is 11.4 Å². The number of ether oxygens (including phenoxy) is 1. The number of nitroso groups, excluding NO2 is 1. The minimum Gasteiger partial charge on any atom is -0.491 e. The van der Waals surface area contributed by atoms with Crippen LogP contribution in [0.5, 0.6) is 5.75 Å². The lowest BCUT2D eigenvalue weighted by molar-refractivity contribution is 0.107. The van der Waals surface area contributed by atoms with Gasteiger partial charge in [0.2, 0.25) is 0 Å². The maximum atomic E-state index is 10.5. The largest absolute Gasteiger partial charge is 0.491 e. The second kappa shape index (κ2) is 9.64. The Kier molecular flexibility index (Phi) is 7.20. The SMILES string of the molecule is Cc1cccc(OCC(O)CNCCNc2cccc(N=O)c2)c1. The average Bonchev–Trinajstić information content (AvgIpc) is 2.60. The van der Waals surface area contributed by atoms with Crippen molar-refractivity contribution in [1.82, 2.24) is 5.32 Å². The van der Waals surface area contributed by atoms with Crippen molar-refractivity contribution in [3.8, 4) is 5.75 Å². The Hall–Kier alpha value is -2.44. The maximum absolute atomic E-state index is 10.5. The van der Waals surface area contributed by atoms with Gasteiger partial charge in [0.15, 0.2) is 0 Å². The van der Waals surface area contributed by atoms with Gasteiger partial charge in [-0.25, -0.2) is 0 Å². The molecule has 0 aliphatic heterocycles. The number of aliphatic hydroxyl groups excluding tert-OH is 1. The van der Waals surface area contributed by atoms with E-state index in [1.807, 2.05) is 37.3 Å².